The van der Waals surface area contributed by atoms with Gasteiger partial charge in [-0.3, -0.25) is 14.4 Å². The zero-order valence-electron chi connectivity index (χ0n) is 24.0. The van der Waals surface area contributed by atoms with Crippen LogP contribution in [0, 0.1) is 0 Å². The molecule has 0 fully saturated rings. The van der Waals surface area contributed by atoms with E-state index < -0.39 is 29.3 Å². The summed E-state index contributed by atoms with van der Waals surface area (Å²) in [6, 6.07) is 16.8. The molecule has 212 valence electrons. The predicted molar refractivity (Wildman–Crippen MR) is 156 cm³/mol. The molecule has 9 heteroatoms. The highest BCUT2D eigenvalue weighted by atomic mass is 16.2. The molecule has 40 heavy (non-hydrogen) atoms. The van der Waals surface area contributed by atoms with Gasteiger partial charge < -0.3 is 21.7 Å². The van der Waals surface area contributed by atoms with Gasteiger partial charge in [-0.05, 0) is 56.2 Å². The molecular formula is C31H40N6O3. The van der Waals surface area contributed by atoms with Crippen molar-refractivity contribution < 1.29 is 14.4 Å². The number of fused-ring (bicyclic) bond motifs is 1. The van der Waals surface area contributed by atoms with Crippen molar-refractivity contribution in [1.29, 1.82) is 0 Å². The van der Waals surface area contributed by atoms with E-state index in [9.17, 15) is 14.4 Å². The molecule has 0 aliphatic carbocycles. The molecule has 3 atom stereocenters. The zero-order chi connectivity index (χ0) is 29.1. The van der Waals surface area contributed by atoms with Crippen molar-refractivity contribution in [1.82, 2.24) is 20.4 Å². The lowest BCUT2D eigenvalue weighted by Crippen LogP contribution is -2.59. The van der Waals surface area contributed by atoms with E-state index in [1.54, 1.807) is 13.1 Å². The van der Waals surface area contributed by atoms with Crippen LogP contribution in [0.1, 0.15) is 87.0 Å². The number of primary amides is 1. The fourth-order valence-corrected chi connectivity index (χ4v) is 5.46. The lowest BCUT2D eigenvalue weighted by Gasteiger charge is -2.38. The molecule has 0 bridgehead atoms. The Morgan fingerprint density at radius 1 is 1.10 bits per heavy atom. The molecule has 5 N–H and O–H groups in total. The lowest BCUT2D eigenvalue weighted by molar-refractivity contribution is -0.132. The van der Waals surface area contributed by atoms with E-state index in [1.165, 1.54) is 0 Å². The van der Waals surface area contributed by atoms with E-state index in [2.05, 4.69) is 54.0 Å². The first-order valence-electron chi connectivity index (χ1n) is 14.0. The molecule has 0 saturated heterocycles. The Balaban J connectivity index is 1.73. The standard InChI is InChI=1S/C31H40N6O3/c1-6-20-14-16-22(17-15-20)31(8-3,29(40)35-24(7-2)26(32)38)36-28(39)23-19-33-37-27(23)34-25(18-30(37,4)5)21-12-10-9-11-13-21/h9-17,19,24-25,34H,6-8,18H2,1-5H3,(H2,32,38)(H,35,40)(H,36,39)/t24-,25+,31?/m0/s1. The molecule has 0 saturated carbocycles. The average Bonchev–Trinajstić information content (AvgIpc) is 3.40. The molecule has 4 rings (SSSR count). The summed E-state index contributed by atoms with van der Waals surface area (Å²) in [4.78, 5) is 39.9. The minimum absolute atomic E-state index is 0.0198. The molecule has 3 amide bonds. The number of aryl methyl sites for hydroxylation is 1. The number of amides is 3. The van der Waals surface area contributed by atoms with Gasteiger partial charge in [0.1, 0.15) is 23.0 Å². The molecule has 1 aliphatic rings. The molecule has 0 radical (unpaired) electrons. The van der Waals surface area contributed by atoms with Crippen LogP contribution in [0.3, 0.4) is 0 Å². The number of anilines is 1. The maximum atomic E-state index is 14.0. The van der Waals surface area contributed by atoms with Crippen LogP contribution in [0.5, 0.6) is 0 Å². The van der Waals surface area contributed by atoms with Gasteiger partial charge >= 0.3 is 0 Å². The van der Waals surface area contributed by atoms with Crippen LogP contribution in [-0.2, 0) is 27.1 Å². The number of hydrogen-bond donors (Lipinski definition) is 4. The van der Waals surface area contributed by atoms with Crippen LogP contribution < -0.4 is 21.7 Å². The molecule has 1 aromatic heterocycles. The maximum absolute atomic E-state index is 14.0. The normalized spacial score (nSPS) is 18.0. The Morgan fingerprint density at radius 2 is 1.77 bits per heavy atom. The van der Waals surface area contributed by atoms with E-state index in [0.717, 1.165) is 24.0 Å². The molecule has 3 aromatic rings. The first-order valence-corrected chi connectivity index (χ1v) is 14.0. The third-order valence-electron chi connectivity index (χ3n) is 7.96. The summed E-state index contributed by atoms with van der Waals surface area (Å²) in [6.45, 7) is 9.84. The van der Waals surface area contributed by atoms with Crippen LogP contribution in [0.25, 0.3) is 0 Å². The van der Waals surface area contributed by atoms with Crippen molar-refractivity contribution in [3.8, 4) is 0 Å². The summed E-state index contributed by atoms with van der Waals surface area (Å²) in [7, 11) is 0. The number of carbonyl (C=O) groups is 3. The first-order chi connectivity index (χ1) is 19.1. The number of benzene rings is 2. The van der Waals surface area contributed by atoms with E-state index in [-0.39, 0.29) is 18.0 Å². The Kier molecular flexibility index (Phi) is 8.32. The molecular weight excluding hydrogens is 504 g/mol. The zero-order valence-corrected chi connectivity index (χ0v) is 24.0. The highest BCUT2D eigenvalue weighted by molar-refractivity contribution is 6.03. The molecule has 0 spiro atoms. The van der Waals surface area contributed by atoms with E-state index in [1.807, 2.05) is 54.1 Å². The fraction of sp³-hybridized carbons (Fsp3) is 0.419. The Bertz CT molecular complexity index is 1370. The second-order valence-electron chi connectivity index (χ2n) is 11.0. The summed E-state index contributed by atoms with van der Waals surface area (Å²) in [5.41, 5.74) is 6.92. The maximum Gasteiger partial charge on any atom is 0.257 e. The van der Waals surface area contributed by atoms with Crippen molar-refractivity contribution in [3.63, 3.8) is 0 Å². The number of carbonyl (C=O) groups excluding carboxylic acids is 3. The Labute approximate surface area is 235 Å². The quantitative estimate of drug-likeness (QED) is 0.305. The Morgan fingerprint density at radius 3 is 2.35 bits per heavy atom. The average molecular weight is 545 g/mol. The number of nitrogens with zero attached hydrogens (tertiary/aromatic N) is 2. The first kappa shape index (κ1) is 28.9. The van der Waals surface area contributed by atoms with Gasteiger partial charge in [0.25, 0.3) is 11.8 Å². The number of nitrogens with two attached hydrogens (primary N) is 1. The molecule has 9 nitrogen and oxygen atoms in total. The van der Waals surface area contributed by atoms with Crippen molar-refractivity contribution in [3.05, 3.63) is 83.0 Å². The third-order valence-corrected chi connectivity index (χ3v) is 7.96. The van der Waals surface area contributed by atoms with E-state index >= 15 is 0 Å². The highest BCUT2D eigenvalue weighted by Gasteiger charge is 2.43. The van der Waals surface area contributed by atoms with Gasteiger partial charge in [0.2, 0.25) is 5.91 Å². The van der Waals surface area contributed by atoms with Crippen molar-refractivity contribution in [2.75, 3.05) is 5.32 Å². The van der Waals surface area contributed by atoms with Crippen LogP contribution in [0.15, 0.2) is 60.8 Å². The smallest absolute Gasteiger partial charge is 0.257 e. The molecule has 1 unspecified atom stereocenters. The second kappa shape index (κ2) is 11.5. The summed E-state index contributed by atoms with van der Waals surface area (Å²) < 4.78 is 1.84. The molecule has 1 aliphatic heterocycles. The van der Waals surface area contributed by atoms with Crippen molar-refractivity contribution >= 4 is 23.5 Å². The molecule has 2 heterocycles. The summed E-state index contributed by atoms with van der Waals surface area (Å²) in [5, 5.41) is 13.9. The van der Waals surface area contributed by atoms with Gasteiger partial charge in [-0.15, -0.1) is 0 Å². The van der Waals surface area contributed by atoms with Gasteiger partial charge in [-0.2, -0.15) is 5.10 Å². The van der Waals surface area contributed by atoms with Crippen molar-refractivity contribution in [2.24, 2.45) is 5.73 Å². The Hall–Kier alpha value is -4.14. The van der Waals surface area contributed by atoms with E-state index in [4.69, 9.17) is 5.73 Å². The summed E-state index contributed by atoms with van der Waals surface area (Å²) in [5.74, 6) is -0.966. The highest BCUT2D eigenvalue weighted by Crippen LogP contribution is 2.40. The third kappa shape index (κ3) is 5.46. The minimum Gasteiger partial charge on any atom is -0.368 e. The van der Waals surface area contributed by atoms with Crippen LogP contribution in [-0.4, -0.2) is 33.5 Å². The van der Waals surface area contributed by atoms with Gasteiger partial charge in [0.05, 0.1) is 17.8 Å². The van der Waals surface area contributed by atoms with Crippen LogP contribution in [0.2, 0.25) is 0 Å². The monoisotopic (exact) mass is 544 g/mol. The van der Waals surface area contributed by atoms with Gasteiger partial charge in [-0.25, -0.2) is 4.68 Å². The number of aromatic nitrogens is 2. The van der Waals surface area contributed by atoms with Crippen LogP contribution >= 0.6 is 0 Å². The number of hydrogen-bond acceptors (Lipinski definition) is 5. The van der Waals surface area contributed by atoms with Gasteiger partial charge in [0, 0.05) is 0 Å². The van der Waals surface area contributed by atoms with Crippen LogP contribution in [0.4, 0.5) is 5.82 Å². The number of rotatable bonds is 10. The molecule has 2 aromatic carbocycles. The minimum atomic E-state index is -1.44. The SMILES string of the molecule is CCc1ccc(C(CC)(NC(=O)c2cnn3c2N[C@@H](c2ccccc2)CC3(C)C)C(=O)N[C@@H](CC)C(N)=O)cc1. The van der Waals surface area contributed by atoms with E-state index in [0.29, 0.717) is 23.4 Å². The fourth-order valence-electron chi connectivity index (χ4n) is 5.46. The number of nitrogens with one attached hydrogen (secondary N) is 3. The second-order valence-corrected chi connectivity index (χ2v) is 11.0. The van der Waals surface area contributed by atoms with Gasteiger partial charge in [-0.1, -0.05) is 75.4 Å². The topological polar surface area (TPSA) is 131 Å². The summed E-state index contributed by atoms with van der Waals surface area (Å²) >= 11 is 0. The largest absolute Gasteiger partial charge is 0.368 e. The lowest BCUT2D eigenvalue weighted by atomic mass is 9.84. The van der Waals surface area contributed by atoms with Gasteiger partial charge in [0.15, 0.2) is 0 Å². The summed E-state index contributed by atoms with van der Waals surface area (Å²) in [6.07, 6.45) is 3.75. The predicted octanol–water partition coefficient (Wildman–Crippen LogP) is 4.15. The van der Waals surface area contributed by atoms with Crippen molar-refractivity contribution in [2.45, 2.75) is 83.5 Å².